The van der Waals surface area contributed by atoms with Gasteiger partial charge >= 0.3 is 5.97 Å². The van der Waals surface area contributed by atoms with Crippen molar-refractivity contribution in [3.8, 4) is 0 Å². The third-order valence-electron chi connectivity index (χ3n) is 5.63. The number of phosphoric ester groups is 1. The van der Waals surface area contributed by atoms with E-state index in [1.165, 1.54) is 64.2 Å². The quantitative estimate of drug-likeness (QED) is 0.0663. The highest BCUT2D eigenvalue weighted by Crippen LogP contribution is 2.38. The van der Waals surface area contributed by atoms with E-state index < -0.39 is 13.9 Å². The van der Waals surface area contributed by atoms with Crippen LogP contribution in [0.4, 0.5) is 0 Å². The fraction of sp³-hybridized carbons (Fsp3) is 0.962. The SMILES string of the molecule is CCCCCCCCCCCCCCOCC(COP(=O)([O-])OCC[N+](C)(C)C)OC(=O)CCC. The van der Waals surface area contributed by atoms with E-state index in [1.807, 2.05) is 28.1 Å². The van der Waals surface area contributed by atoms with Crippen LogP contribution in [0.15, 0.2) is 0 Å². The average molecular weight is 524 g/mol. The molecule has 0 spiro atoms. The van der Waals surface area contributed by atoms with Crippen LogP contribution < -0.4 is 4.89 Å². The number of carbonyl (C=O) groups is 1. The summed E-state index contributed by atoms with van der Waals surface area (Å²) < 4.78 is 33.5. The summed E-state index contributed by atoms with van der Waals surface area (Å²) in [6.45, 7) is 5.02. The lowest BCUT2D eigenvalue weighted by atomic mass is 10.1. The van der Waals surface area contributed by atoms with Gasteiger partial charge in [0.2, 0.25) is 0 Å². The molecular formula is C26H54NO7P. The van der Waals surface area contributed by atoms with Crippen molar-refractivity contribution in [3.05, 3.63) is 0 Å². The van der Waals surface area contributed by atoms with Crippen LogP contribution in [0.25, 0.3) is 0 Å². The number of unbranched alkanes of at least 4 members (excludes halogenated alkanes) is 11. The van der Waals surface area contributed by atoms with Crippen molar-refractivity contribution in [2.24, 2.45) is 0 Å². The summed E-state index contributed by atoms with van der Waals surface area (Å²) in [5, 5.41) is 0. The molecule has 0 bridgehead atoms. The minimum atomic E-state index is -4.47. The molecule has 0 aromatic carbocycles. The number of nitrogens with zero attached hydrogens (tertiary/aromatic N) is 1. The van der Waals surface area contributed by atoms with Gasteiger partial charge in [0.15, 0.2) is 0 Å². The van der Waals surface area contributed by atoms with Gasteiger partial charge in [-0.1, -0.05) is 84.5 Å². The zero-order chi connectivity index (χ0) is 26.4. The molecule has 35 heavy (non-hydrogen) atoms. The third kappa shape index (κ3) is 25.0. The standard InChI is InChI=1S/C26H54NO7P/c1-6-8-9-10-11-12-13-14-15-16-17-18-21-31-23-25(34-26(28)19-7-2)24-33-35(29,30)32-22-20-27(3,4)5/h25H,6-24H2,1-5H3. The summed E-state index contributed by atoms with van der Waals surface area (Å²) >= 11 is 0. The molecule has 0 aromatic rings. The van der Waals surface area contributed by atoms with Gasteiger partial charge < -0.3 is 27.9 Å². The molecule has 0 amide bonds. The first kappa shape index (κ1) is 34.5. The van der Waals surface area contributed by atoms with Crippen LogP contribution in [0.5, 0.6) is 0 Å². The maximum atomic E-state index is 12.0. The summed E-state index contributed by atoms with van der Waals surface area (Å²) in [5.41, 5.74) is 0. The van der Waals surface area contributed by atoms with Crippen LogP contribution in [0.1, 0.15) is 104 Å². The van der Waals surface area contributed by atoms with Gasteiger partial charge in [0.25, 0.3) is 7.82 Å². The molecule has 0 saturated carbocycles. The summed E-state index contributed by atoms with van der Waals surface area (Å²) in [5.74, 6) is -0.387. The van der Waals surface area contributed by atoms with Crippen LogP contribution in [0.2, 0.25) is 0 Å². The van der Waals surface area contributed by atoms with Crippen molar-refractivity contribution in [2.45, 2.75) is 110 Å². The van der Waals surface area contributed by atoms with E-state index in [9.17, 15) is 14.3 Å². The first-order valence-electron chi connectivity index (χ1n) is 13.8. The van der Waals surface area contributed by atoms with Crippen molar-refractivity contribution < 1.29 is 37.3 Å². The van der Waals surface area contributed by atoms with Crippen molar-refractivity contribution in [2.75, 3.05) is 54.1 Å². The number of rotatable bonds is 25. The molecule has 2 atom stereocenters. The first-order chi connectivity index (χ1) is 16.6. The Morgan fingerprint density at radius 2 is 1.31 bits per heavy atom. The summed E-state index contributed by atoms with van der Waals surface area (Å²) in [4.78, 5) is 23.9. The van der Waals surface area contributed by atoms with Crippen LogP contribution in [0, 0.1) is 0 Å². The molecule has 0 rings (SSSR count). The van der Waals surface area contributed by atoms with Crippen molar-refractivity contribution in [1.29, 1.82) is 0 Å². The molecule has 9 heteroatoms. The highest BCUT2D eigenvalue weighted by atomic mass is 31.2. The Kier molecular flexibility index (Phi) is 21.3. The van der Waals surface area contributed by atoms with E-state index >= 15 is 0 Å². The molecule has 210 valence electrons. The van der Waals surface area contributed by atoms with Crippen LogP contribution in [-0.4, -0.2) is 70.7 Å². The molecule has 2 unspecified atom stereocenters. The van der Waals surface area contributed by atoms with Gasteiger partial charge in [0.05, 0.1) is 34.4 Å². The number of hydrogen-bond acceptors (Lipinski definition) is 7. The van der Waals surface area contributed by atoms with Gasteiger partial charge in [-0.3, -0.25) is 9.36 Å². The molecule has 0 saturated heterocycles. The Bertz CT molecular complexity index is 554. The van der Waals surface area contributed by atoms with E-state index in [-0.39, 0.29) is 32.2 Å². The summed E-state index contributed by atoms with van der Waals surface area (Å²) in [6.07, 6.45) is 15.4. The lowest BCUT2D eigenvalue weighted by Crippen LogP contribution is -2.37. The number of likely N-dealkylation sites (N-methyl/N-ethyl adjacent to an activating group) is 1. The molecule has 0 aliphatic heterocycles. The third-order valence-corrected chi connectivity index (χ3v) is 6.59. The predicted octanol–water partition coefficient (Wildman–Crippen LogP) is 5.62. The van der Waals surface area contributed by atoms with Gasteiger partial charge in [-0.05, 0) is 12.8 Å². The molecule has 0 N–H and O–H groups in total. The van der Waals surface area contributed by atoms with Crippen LogP contribution >= 0.6 is 7.82 Å². The number of hydrogen-bond donors (Lipinski definition) is 0. The Morgan fingerprint density at radius 3 is 1.83 bits per heavy atom. The molecular weight excluding hydrogens is 469 g/mol. The van der Waals surface area contributed by atoms with E-state index in [0.29, 0.717) is 24.1 Å². The molecule has 0 radical (unpaired) electrons. The molecule has 0 heterocycles. The number of quaternary nitrogens is 1. The molecule has 8 nitrogen and oxygen atoms in total. The maximum absolute atomic E-state index is 12.0. The molecule has 0 aliphatic rings. The predicted molar refractivity (Wildman–Crippen MR) is 139 cm³/mol. The lowest BCUT2D eigenvalue weighted by molar-refractivity contribution is -0.870. The molecule has 0 fully saturated rings. The Labute approximate surface area is 215 Å². The highest BCUT2D eigenvalue weighted by molar-refractivity contribution is 7.45. The van der Waals surface area contributed by atoms with Gasteiger partial charge in [-0.2, -0.15) is 0 Å². The van der Waals surface area contributed by atoms with Crippen molar-refractivity contribution >= 4 is 13.8 Å². The number of ether oxygens (including phenoxy) is 2. The second-order valence-corrected chi connectivity index (χ2v) is 11.8. The summed E-state index contributed by atoms with van der Waals surface area (Å²) in [7, 11) is 1.35. The van der Waals surface area contributed by atoms with Crippen LogP contribution in [0.3, 0.4) is 0 Å². The largest absolute Gasteiger partial charge is 0.756 e. The minimum Gasteiger partial charge on any atom is -0.756 e. The topological polar surface area (TPSA) is 94.1 Å². The van der Waals surface area contributed by atoms with E-state index in [2.05, 4.69) is 6.92 Å². The fourth-order valence-electron chi connectivity index (χ4n) is 3.46. The zero-order valence-corrected chi connectivity index (χ0v) is 24.2. The second-order valence-electron chi connectivity index (χ2n) is 10.4. The average Bonchev–Trinajstić information content (AvgIpc) is 2.76. The maximum Gasteiger partial charge on any atom is 0.306 e. The van der Waals surface area contributed by atoms with Gasteiger partial charge in [0.1, 0.15) is 19.3 Å². The molecule has 0 aromatic heterocycles. The zero-order valence-electron chi connectivity index (χ0n) is 23.3. The van der Waals surface area contributed by atoms with E-state index in [4.69, 9.17) is 18.5 Å². The monoisotopic (exact) mass is 523 g/mol. The first-order valence-corrected chi connectivity index (χ1v) is 15.2. The minimum absolute atomic E-state index is 0.0278. The smallest absolute Gasteiger partial charge is 0.306 e. The number of esters is 1. The van der Waals surface area contributed by atoms with Gasteiger partial charge in [-0.25, -0.2) is 0 Å². The summed E-state index contributed by atoms with van der Waals surface area (Å²) in [6, 6.07) is 0. The Hall–Kier alpha value is -0.500. The number of carbonyl (C=O) groups excluding carboxylic acids is 1. The van der Waals surface area contributed by atoms with E-state index in [1.54, 1.807) is 0 Å². The number of phosphoric acid groups is 1. The van der Waals surface area contributed by atoms with Gasteiger partial charge in [0, 0.05) is 13.0 Å². The van der Waals surface area contributed by atoms with E-state index in [0.717, 1.165) is 12.8 Å². The Balaban J connectivity index is 4.05. The molecule has 0 aliphatic carbocycles. The fourth-order valence-corrected chi connectivity index (χ4v) is 4.19. The lowest BCUT2D eigenvalue weighted by Gasteiger charge is -2.28. The van der Waals surface area contributed by atoms with Gasteiger partial charge in [-0.15, -0.1) is 0 Å². The van der Waals surface area contributed by atoms with Crippen molar-refractivity contribution in [3.63, 3.8) is 0 Å². The van der Waals surface area contributed by atoms with Crippen molar-refractivity contribution in [1.82, 2.24) is 0 Å². The van der Waals surface area contributed by atoms with Crippen LogP contribution in [-0.2, 0) is 27.9 Å². The highest BCUT2D eigenvalue weighted by Gasteiger charge is 2.20. The second kappa shape index (κ2) is 21.6. The normalized spacial score (nSPS) is 14.6. The Morgan fingerprint density at radius 1 is 0.771 bits per heavy atom.